The Balaban J connectivity index is 2.02. The normalized spacial score (nSPS) is 22.6. The molecule has 1 atom stereocenters. The van der Waals surface area contributed by atoms with E-state index in [0.29, 0.717) is 13.0 Å². The molecule has 0 aliphatic carbocycles. The number of thiophene rings is 1. The lowest BCUT2D eigenvalue weighted by Gasteiger charge is -2.21. The summed E-state index contributed by atoms with van der Waals surface area (Å²) in [4.78, 5) is 23.6. The van der Waals surface area contributed by atoms with E-state index in [2.05, 4.69) is 14.9 Å². The first-order valence-corrected chi connectivity index (χ1v) is 7.64. The van der Waals surface area contributed by atoms with E-state index in [9.17, 15) is 9.90 Å². The van der Waals surface area contributed by atoms with Gasteiger partial charge in [-0.05, 0) is 24.8 Å². The van der Waals surface area contributed by atoms with Crippen molar-refractivity contribution in [2.24, 2.45) is 5.41 Å². The summed E-state index contributed by atoms with van der Waals surface area (Å²) in [5.74, 6) is 0.975. The number of hydrogen-bond acceptors (Lipinski definition) is 5. The van der Waals surface area contributed by atoms with Crippen LogP contribution in [0.2, 0.25) is 0 Å². The van der Waals surface area contributed by atoms with E-state index in [1.54, 1.807) is 11.3 Å². The number of hydrogen-bond donors (Lipinski definition) is 1. The van der Waals surface area contributed by atoms with E-state index in [1.807, 2.05) is 25.3 Å². The zero-order chi connectivity index (χ0) is 14.3. The van der Waals surface area contributed by atoms with E-state index in [1.165, 1.54) is 0 Å². The van der Waals surface area contributed by atoms with Gasteiger partial charge in [-0.3, -0.25) is 4.79 Å². The Bertz CT molecular complexity index is 669. The second kappa shape index (κ2) is 4.70. The van der Waals surface area contributed by atoms with Gasteiger partial charge in [-0.15, -0.1) is 11.3 Å². The molecule has 0 saturated carbocycles. The molecular formula is C14H17N3O2S. The van der Waals surface area contributed by atoms with Gasteiger partial charge in [0.15, 0.2) is 0 Å². The molecule has 1 aliphatic heterocycles. The van der Waals surface area contributed by atoms with Gasteiger partial charge >= 0.3 is 5.97 Å². The van der Waals surface area contributed by atoms with Crippen molar-refractivity contribution in [2.45, 2.75) is 26.7 Å². The fourth-order valence-corrected chi connectivity index (χ4v) is 3.38. The number of aryl methyl sites for hydroxylation is 1. The number of aliphatic carboxylic acids is 1. The Morgan fingerprint density at radius 1 is 1.55 bits per heavy atom. The standard InChI is InChI=1S/C14H17N3O2S/c1-3-10-15-11(9-4-7-20-12(9)16-10)17-6-5-14(2,8-17)13(18)19/h4,7H,3,5-6,8H2,1-2H3,(H,18,19). The summed E-state index contributed by atoms with van der Waals surface area (Å²) in [5.41, 5.74) is -0.681. The quantitative estimate of drug-likeness (QED) is 0.941. The Labute approximate surface area is 121 Å². The molecule has 1 unspecified atom stereocenters. The molecule has 0 bridgehead atoms. The first-order chi connectivity index (χ1) is 9.53. The number of carboxylic acids is 1. The van der Waals surface area contributed by atoms with Crippen LogP contribution in [0.3, 0.4) is 0 Å². The van der Waals surface area contributed by atoms with Crippen LogP contribution in [0.25, 0.3) is 10.2 Å². The number of carboxylic acid groups (broad SMARTS) is 1. The predicted octanol–water partition coefficient (Wildman–Crippen LogP) is 2.55. The van der Waals surface area contributed by atoms with Crippen molar-refractivity contribution in [3.05, 3.63) is 17.3 Å². The molecule has 20 heavy (non-hydrogen) atoms. The van der Waals surface area contributed by atoms with Crippen LogP contribution < -0.4 is 4.90 Å². The lowest BCUT2D eigenvalue weighted by molar-refractivity contribution is -0.146. The molecule has 1 fully saturated rings. The van der Waals surface area contributed by atoms with Crippen molar-refractivity contribution in [3.63, 3.8) is 0 Å². The monoisotopic (exact) mass is 291 g/mol. The highest BCUT2D eigenvalue weighted by atomic mass is 32.1. The number of carbonyl (C=O) groups is 1. The van der Waals surface area contributed by atoms with Gasteiger partial charge in [0.2, 0.25) is 0 Å². The fourth-order valence-electron chi connectivity index (χ4n) is 2.60. The summed E-state index contributed by atoms with van der Waals surface area (Å²) in [7, 11) is 0. The summed E-state index contributed by atoms with van der Waals surface area (Å²) in [6.07, 6.45) is 1.43. The minimum absolute atomic E-state index is 0.507. The zero-order valence-electron chi connectivity index (χ0n) is 11.6. The molecule has 1 aliphatic rings. The van der Waals surface area contributed by atoms with Crippen LogP contribution in [0.1, 0.15) is 26.1 Å². The molecule has 6 heteroatoms. The van der Waals surface area contributed by atoms with Gasteiger partial charge in [-0.25, -0.2) is 9.97 Å². The van der Waals surface area contributed by atoms with Gasteiger partial charge in [0.05, 0.1) is 10.8 Å². The van der Waals surface area contributed by atoms with E-state index in [4.69, 9.17) is 0 Å². The molecule has 2 aromatic heterocycles. The highest BCUT2D eigenvalue weighted by Gasteiger charge is 2.41. The topological polar surface area (TPSA) is 66.3 Å². The van der Waals surface area contributed by atoms with E-state index >= 15 is 0 Å². The molecule has 0 radical (unpaired) electrons. The van der Waals surface area contributed by atoms with Crippen molar-refractivity contribution in [1.82, 2.24) is 9.97 Å². The van der Waals surface area contributed by atoms with Crippen molar-refractivity contribution >= 4 is 33.3 Å². The van der Waals surface area contributed by atoms with Crippen LogP contribution in [-0.4, -0.2) is 34.1 Å². The third-order valence-corrected chi connectivity index (χ3v) is 4.76. The summed E-state index contributed by atoms with van der Waals surface area (Å²) in [6, 6.07) is 2.02. The van der Waals surface area contributed by atoms with Crippen LogP contribution >= 0.6 is 11.3 Å². The van der Waals surface area contributed by atoms with Gasteiger partial charge in [0.1, 0.15) is 16.5 Å². The molecule has 1 N–H and O–H groups in total. The summed E-state index contributed by atoms with van der Waals surface area (Å²) in [6.45, 7) is 5.08. The van der Waals surface area contributed by atoms with Crippen LogP contribution in [0, 0.1) is 5.41 Å². The van der Waals surface area contributed by atoms with Crippen molar-refractivity contribution in [1.29, 1.82) is 0 Å². The van der Waals surface area contributed by atoms with Gasteiger partial charge in [0, 0.05) is 19.5 Å². The molecule has 106 valence electrons. The molecule has 0 amide bonds. The minimum atomic E-state index is -0.730. The average Bonchev–Trinajstić information content (AvgIpc) is 3.04. The van der Waals surface area contributed by atoms with Crippen LogP contribution in [0.5, 0.6) is 0 Å². The molecule has 5 nitrogen and oxygen atoms in total. The Morgan fingerprint density at radius 3 is 3.00 bits per heavy atom. The highest BCUT2D eigenvalue weighted by Crippen LogP contribution is 2.36. The average molecular weight is 291 g/mol. The van der Waals surface area contributed by atoms with E-state index in [-0.39, 0.29) is 0 Å². The first-order valence-electron chi connectivity index (χ1n) is 6.76. The van der Waals surface area contributed by atoms with Gasteiger partial charge in [-0.2, -0.15) is 0 Å². The third-order valence-electron chi connectivity index (χ3n) is 3.96. The molecule has 0 spiro atoms. The lowest BCUT2D eigenvalue weighted by atomic mass is 9.90. The van der Waals surface area contributed by atoms with Crippen molar-refractivity contribution in [3.8, 4) is 0 Å². The van der Waals surface area contributed by atoms with Gasteiger partial charge in [0.25, 0.3) is 0 Å². The van der Waals surface area contributed by atoms with Crippen LogP contribution in [-0.2, 0) is 11.2 Å². The Kier molecular flexibility index (Phi) is 3.12. The number of rotatable bonds is 3. The second-order valence-corrected chi connectivity index (χ2v) is 6.39. The smallest absolute Gasteiger partial charge is 0.311 e. The first kappa shape index (κ1) is 13.3. The van der Waals surface area contributed by atoms with Crippen LogP contribution in [0.15, 0.2) is 11.4 Å². The maximum Gasteiger partial charge on any atom is 0.311 e. The third kappa shape index (κ3) is 2.04. The lowest BCUT2D eigenvalue weighted by Crippen LogP contribution is -2.32. The van der Waals surface area contributed by atoms with Crippen LogP contribution in [0.4, 0.5) is 5.82 Å². The molecular weight excluding hydrogens is 274 g/mol. The van der Waals surface area contributed by atoms with Crippen molar-refractivity contribution in [2.75, 3.05) is 18.0 Å². The maximum absolute atomic E-state index is 11.4. The number of fused-ring (bicyclic) bond motifs is 1. The summed E-state index contributed by atoms with van der Waals surface area (Å²) < 4.78 is 0. The summed E-state index contributed by atoms with van der Waals surface area (Å²) >= 11 is 1.60. The predicted molar refractivity (Wildman–Crippen MR) is 79.4 cm³/mol. The van der Waals surface area contributed by atoms with E-state index in [0.717, 1.165) is 34.8 Å². The maximum atomic E-state index is 11.4. The molecule has 0 aromatic carbocycles. The van der Waals surface area contributed by atoms with Gasteiger partial charge in [-0.1, -0.05) is 6.92 Å². The van der Waals surface area contributed by atoms with Gasteiger partial charge < -0.3 is 10.0 Å². The SMILES string of the molecule is CCc1nc(N2CCC(C)(C(=O)O)C2)c2ccsc2n1. The highest BCUT2D eigenvalue weighted by molar-refractivity contribution is 7.16. The number of aromatic nitrogens is 2. The van der Waals surface area contributed by atoms with Crippen molar-refractivity contribution < 1.29 is 9.90 Å². The summed E-state index contributed by atoms with van der Waals surface area (Å²) in [5, 5.41) is 12.4. The van der Waals surface area contributed by atoms with E-state index < -0.39 is 11.4 Å². The molecule has 3 heterocycles. The fraction of sp³-hybridized carbons (Fsp3) is 0.500. The Morgan fingerprint density at radius 2 is 2.35 bits per heavy atom. The minimum Gasteiger partial charge on any atom is -0.481 e. The zero-order valence-corrected chi connectivity index (χ0v) is 12.4. The Hall–Kier alpha value is -1.69. The second-order valence-electron chi connectivity index (χ2n) is 5.49. The number of nitrogens with zero attached hydrogens (tertiary/aromatic N) is 3. The molecule has 1 saturated heterocycles. The molecule has 3 rings (SSSR count). The largest absolute Gasteiger partial charge is 0.481 e. The number of anilines is 1. The molecule has 2 aromatic rings.